The average Bonchev–Trinajstić information content (AvgIpc) is 2.70. The zero-order valence-electron chi connectivity index (χ0n) is 18.5. The summed E-state index contributed by atoms with van der Waals surface area (Å²) in [5, 5.41) is 3.50. The van der Waals surface area contributed by atoms with E-state index < -0.39 is 17.6 Å². The number of aromatic nitrogens is 1. The van der Waals surface area contributed by atoms with Crippen molar-refractivity contribution >= 4 is 40.3 Å². The summed E-state index contributed by atoms with van der Waals surface area (Å²) in [5.41, 5.74) is 7.02. The Balaban J connectivity index is 1.89. The maximum atomic E-state index is 12.4. The summed E-state index contributed by atoms with van der Waals surface area (Å²) < 4.78 is 5.26. The molecule has 1 aromatic heterocycles. The largest absolute Gasteiger partial charge is 0.444 e. The second kappa shape index (κ2) is 9.05. The van der Waals surface area contributed by atoms with Crippen LogP contribution in [0.3, 0.4) is 0 Å². The van der Waals surface area contributed by atoms with Crippen molar-refractivity contribution in [3.63, 3.8) is 0 Å². The summed E-state index contributed by atoms with van der Waals surface area (Å²) in [6, 6.07) is 15.8. The first-order valence-electron chi connectivity index (χ1n) is 10.1. The van der Waals surface area contributed by atoms with Crippen LogP contribution in [0.4, 0.5) is 16.3 Å². The van der Waals surface area contributed by atoms with Gasteiger partial charge in [0, 0.05) is 12.3 Å². The number of hydrogen-bond acceptors (Lipinski definition) is 5. The SMILES string of the molecule is CC(=O)N(Cc1ccc2ccc(NC(=O)OC(C)(C)C)nc2c1)c1ccccc1C(N)=O. The molecule has 1 heterocycles. The van der Waals surface area contributed by atoms with Crippen LogP contribution < -0.4 is 16.0 Å². The molecule has 0 saturated carbocycles. The number of rotatable bonds is 5. The number of benzene rings is 2. The number of nitrogens with two attached hydrogens (primary N) is 1. The molecule has 8 nitrogen and oxygen atoms in total. The molecule has 0 aliphatic carbocycles. The molecular formula is C24H26N4O4. The van der Waals surface area contributed by atoms with E-state index in [1.165, 1.54) is 11.8 Å². The van der Waals surface area contributed by atoms with Crippen LogP contribution in [0, 0.1) is 0 Å². The number of nitrogens with one attached hydrogen (secondary N) is 1. The molecule has 0 aliphatic rings. The summed E-state index contributed by atoms with van der Waals surface area (Å²) in [7, 11) is 0. The van der Waals surface area contributed by atoms with Gasteiger partial charge in [-0.25, -0.2) is 9.78 Å². The molecule has 0 bridgehead atoms. The molecule has 3 amide bonds. The number of anilines is 2. The molecule has 32 heavy (non-hydrogen) atoms. The number of primary amides is 1. The Morgan fingerprint density at radius 1 is 1.06 bits per heavy atom. The van der Waals surface area contributed by atoms with Crippen molar-refractivity contribution in [1.29, 1.82) is 0 Å². The lowest BCUT2D eigenvalue weighted by molar-refractivity contribution is -0.116. The van der Waals surface area contributed by atoms with Gasteiger partial charge >= 0.3 is 6.09 Å². The molecule has 166 valence electrons. The number of hydrogen-bond donors (Lipinski definition) is 2. The second-order valence-corrected chi connectivity index (χ2v) is 8.34. The van der Waals surface area contributed by atoms with Gasteiger partial charge in [0.2, 0.25) is 5.91 Å². The first-order chi connectivity index (χ1) is 15.0. The van der Waals surface area contributed by atoms with Gasteiger partial charge in [-0.1, -0.05) is 24.3 Å². The molecule has 0 unspecified atom stereocenters. The average molecular weight is 434 g/mol. The topological polar surface area (TPSA) is 115 Å². The van der Waals surface area contributed by atoms with Crippen LogP contribution in [0.2, 0.25) is 0 Å². The second-order valence-electron chi connectivity index (χ2n) is 8.34. The van der Waals surface area contributed by atoms with Crippen LogP contribution in [-0.4, -0.2) is 28.5 Å². The van der Waals surface area contributed by atoms with Gasteiger partial charge in [0.25, 0.3) is 5.91 Å². The number of amides is 3. The predicted molar refractivity (Wildman–Crippen MR) is 123 cm³/mol. The minimum Gasteiger partial charge on any atom is -0.444 e. The van der Waals surface area contributed by atoms with Gasteiger partial charge in [0.1, 0.15) is 11.4 Å². The third kappa shape index (κ3) is 5.60. The number of ether oxygens (including phenoxy) is 1. The van der Waals surface area contributed by atoms with E-state index in [1.54, 1.807) is 51.1 Å². The van der Waals surface area contributed by atoms with Gasteiger partial charge in [-0.3, -0.25) is 14.9 Å². The van der Waals surface area contributed by atoms with E-state index in [1.807, 2.05) is 24.3 Å². The van der Waals surface area contributed by atoms with Crippen LogP contribution >= 0.6 is 0 Å². The molecular weight excluding hydrogens is 408 g/mol. The number of nitrogens with zero attached hydrogens (tertiary/aromatic N) is 2. The molecule has 8 heteroatoms. The van der Waals surface area contributed by atoms with E-state index in [-0.39, 0.29) is 18.0 Å². The van der Waals surface area contributed by atoms with Gasteiger partial charge in [0.05, 0.1) is 23.3 Å². The first kappa shape index (κ1) is 22.7. The highest BCUT2D eigenvalue weighted by Crippen LogP contribution is 2.24. The van der Waals surface area contributed by atoms with E-state index in [0.717, 1.165) is 10.9 Å². The molecule has 3 rings (SSSR count). The zero-order chi connectivity index (χ0) is 23.5. The summed E-state index contributed by atoms with van der Waals surface area (Å²) in [5.74, 6) is -0.483. The van der Waals surface area contributed by atoms with Crippen LogP contribution in [0.25, 0.3) is 10.9 Å². The standard InChI is InChI=1S/C24H26N4O4/c1-15(29)28(20-8-6-5-7-18(20)22(25)30)14-16-9-10-17-11-12-21(26-19(17)13-16)27-23(31)32-24(2,3)4/h5-13H,14H2,1-4H3,(H2,25,30)(H,26,27,31). The fourth-order valence-electron chi connectivity index (χ4n) is 3.20. The Kier molecular flexibility index (Phi) is 6.43. The van der Waals surface area contributed by atoms with Gasteiger partial charge in [0.15, 0.2) is 0 Å². The lowest BCUT2D eigenvalue weighted by Crippen LogP contribution is -2.30. The van der Waals surface area contributed by atoms with Crippen LogP contribution in [0.5, 0.6) is 0 Å². The molecule has 3 N–H and O–H groups in total. The van der Waals surface area contributed by atoms with E-state index in [0.29, 0.717) is 17.0 Å². The molecule has 3 aromatic rings. The van der Waals surface area contributed by atoms with Crippen LogP contribution in [-0.2, 0) is 16.1 Å². The molecule has 0 saturated heterocycles. The van der Waals surface area contributed by atoms with Crippen molar-refractivity contribution < 1.29 is 19.1 Å². The van der Waals surface area contributed by atoms with Crippen LogP contribution in [0.1, 0.15) is 43.6 Å². The Labute approximate surface area is 186 Å². The predicted octanol–water partition coefficient (Wildman–Crippen LogP) is 4.23. The molecule has 2 aromatic carbocycles. The highest BCUT2D eigenvalue weighted by Gasteiger charge is 2.19. The molecule has 0 spiro atoms. The third-order valence-corrected chi connectivity index (χ3v) is 4.57. The van der Waals surface area contributed by atoms with Crippen molar-refractivity contribution in [3.8, 4) is 0 Å². The van der Waals surface area contributed by atoms with Crippen molar-refractivity contribution in [2.24, 2.45) is 5.73 Å². The maximum absolute atomic E-state index is 12.4. The minimum absolute atomic E-state index is 0.223. The van der Waals surface area contributed by atoms with E-state index in [2.05, 4.69) is 10.3 Å². The highest BCUT2D eigenvalue weighted by molar-refractivity contribution is 6.03. The normalized spacial score (nSPS) is 11.1. The molecule has 0 fully saturated rings. The van der Waals surface area contributed by atoms with Crippen molar-refractivity contribution in [3.05, 3.63) is 65.7 Å². The molecule has 0 atom stereocenters. The lowest BCUT2D eigenvalue weighted by Gasteiger charge is -2.23. The summed E-state index contributed by atoms with van der Waals surface area (Å²) in [6.45, 7) is 7.00. The number of fused-ring (bicyclic) bond motifs is 1. The Morgan fingerprint density at radius 3 is 2.41 bits per heavy atom. The quantitative estimate of drug-likeness (QED) is 0.623. The van der Waals surface area contributed by atoms with Gasteiger partial charge in [-0.05, 0) is 56.7 Å². The minimum atomic E-state index is -0.620. The Morgan fingerprint density at radius 2 is 1.75 bits per heavy atom. The third-order valence-electron chi connectivity index (χ3n) is 4.57. The van der Waals surface area contributed by atoms with Crippen LogP contribution in [0.15, 0.2) is 54.6 Å². The maximum Gasteiger partial charge on any atom is 0.413 e. The van der Waals surface area contributed by atoms with E-state index in [9.17, 15) is 14.4 Å². The Hall–Kier alpha value is -3.94. The Bertz CT molecular complexity index is 1180. The first-order valence-corrected chi connectivity index (χ1v) is 10.1. The van der Waals surface area contributed by atoms with Gasteiger partial charge in [-0.15, -0.1) is 0 Å². The van der Waals surface area contributed by atoms with Crippen molar-refractivity contribution in [2.75, 3.05) is 10.2 Å². The molecule has 0 aliphatic heterocycles. The monoisotopic (exact) mass is 434 g/mol. The summed E-state index contributed by atoms with van der Waals surface area (Å²) in [6.07, 6.45) is -0.591. The fourth-order valence-corrected chi connectivity index (χ4v) is 3.20. The lowest BCUT2D eigenvalue weighted by atomic mass is 10.1. The highest BCUT2D eigenvalue weighted by atomic mass is 16.6. The van der Waals surface area contributed by atoms with Gasteiger partial charge < -0.3 is 15.4 Å². The number of carbonyl (C=O) groups excluding carboxylic acids is 3. The molecule has 0 radical (unpaired) electrons. The number of para-hydroxylation sites is 1. The summed E-state index contributed by atoms with van der Waals surface area (Å²) >= 11 is 0. The van der Waals surface area contributed by atoms with Gasteiger partial charge in [-0.2, -0.15) is 0 Å². The fraction of sp³-hybridized carbons (Fsp3) is 0.250. The van der Waals surface area contributed by atoms with Crippen molar-refractivity contribution in [2.45, 2.75) is 39.8 Å². The number of pyridine rings is 1. The smallest absolute Gasteiger partial charge is 0.413 e. The zero-order valence-corrected chi connectivity index (χ0v) is 18.5. The van der Waals surface area contributed by atoms with E-state index >= 15 is 0 Å². The number of carbonyl (C=O) groups is 3. The van der Waals surface area contributed by atoms with E-state index in [4.69, 9.17) is 10.5 Å². The van der Waals surface area contributed by atoms with Crippen molar-refractivity contribution in [1.82, 2.24) is 4.98 Å². The summed E-state index contributed by atoms with van der Waals surface area (Å²) in [4.78, 5) is 42.2.